The van der Waals surface area contributed by atoms with Crippen molar-refractivity contribution in [1.29, 1.82) is 0 Å². The Morgan fingerprint density at radius 2 is 1.79 bits per heavy atom. The minimum absolute atomic E-state index is 0.00481. The first-order valence-corrected chi connectivity index (χ1v) is 10.4. The topological polar surface area (TPSA) is 70.1 Å². The molecule has 29 heavy (non-hydrogen) atoms. The summed E-state index contributed by atoms with van der Waals surface area (Å²) >= 11 is 3.43. The highest BCUT2D eigenvalue weighted by molar-refractivity contribution is 9.10. The number of piperazine rings is 1. The minimum Gasteiger partial charge on any atom is -0.496 e. The number of aliphatic carboxylic acids is 1. The van der Waals surface area contributed by atoms with Crippen molar-refractivity contribution in [3.8, 4) is 5.75 Å². The van der Waals surface area contributed by atoms with Gasteiger partial charge in [0.1, 0.15) is 5.75 Å². The molecule has 0 bridgehead atoms. The molecule has 0 spiro atoms. The number of rotatable bonds is 7. The molecule has 1 amide bonds. The van der Waals surface area contributed by atoms with E-state index in [1.54, 1.807) is 25.3 Å². The smallest absolute Gasteiger partial charge is 0.303 e. The molecule has 2 aromatic rings. The number of amides is 1. The van der Waals surface area contributed by atoms with Crippen molar-refractivity contribution in [3.63, 3.8) is 0 Å². The molecule has 0 aliphatic carbocycles. The molecule has 3 rings (SSSR count). The van der Waals surface area contributed by atoms with Crippen LogP contribution in [0.15, 0.2) is 53.0 Å². The number of nitrogens with zero attached hydrogens (tertiary/aromatic N) is 2. The highest BCUT2D eigenvalue weighted by Gasteiger charge is 2.28. The van der Waals surface area contributed by atoms with Gasteiger partial charge in [0.25, 0.3) is 5.91 Å². The van der Waals surface area contributed by atoms with Crippen molar-refractivity contribution in [2.75, 3.05) is 33.3 Å². The average molecular weight is 461 g/mol. The predicted molar refractivity (Wildman–Crippen MR) is 114 cm³/mol. The molecule has 1 atom stereocenters. The van der Waals surface area contributed by atoms with Gasteiger partial charge in [0, 0.05) is 44.2 Å². The zero-order chi connectivity index (χ0) is 20.8. The second kappa shape index (κ2) is 9.89. The van der Waals surface area contributed by atoms with Crippen LogP contribution < -0.4 is 4.74 Å². The number of halogens is 1. The lowest BCUT2D eigenvalue weighted by atomic mass is 9.99. The van der Waals surface area contributed by atoms with Crippen molar-refractivity contribution >= 4 is 27.8 Å². The molecular formula is C22H25BrN2O4. The molecule has 6 nitrogen and oxygen atoms in total. The van der Waals surface area contributed by atoms with Crippen LogP contribution in [0.2, 0.25) is 0 Å². The van der Waals surface area contributed by atoms with Crippen molar-refractivity contribution in [2.24, 2.45) is 0 Å². The third kappa shape index (κ3) is 5.36. The Hall–Kier alpha value is -2.38. The van der Waals surface area contributed by atoms with Gasteiger partial charge in [0.2, 0.25) is 0 Å². The largest absolute Gasteiger partial charge is 0.496 e. The highest BCUT2D eigenvalue weighted by Crippen LogP contribution is 2.28. The van der Waals surface area contributed by atoms with Crippen LogP contribution in [0.4, 0.5) is 0 Å². The molecule has 1 aliphatic heterocycles. The fourth-order valence-corrected chi connectivity index (χ4v) is 4.25. The van der Waals surface area contributed by atoms with E-state index in [0.29, 0.717) is 43.9 Å². The number of carboxylic acid groups (broad SMARTS) is 1. The third-order valence-electron chi connectivity index (χ3n) is 5.26. The number of ether oxygens (including phenoxy) is 1. The number of carboxylic acids is 1. The molecule has 0 saturated carbocycles. The Balaban J connectivity index is 1.66. The molecule has 1 heterocycles. The number of benzene rings is 2. The molecule has 0 unspecified atom stereocenters. The van der Waals surface area contributed by atoms with E-state index >= 15 is 0 Å². The van der Waals surface area contributed by atoms with Crippen LogP contribution in [0.1, 0.15) is 34.8 Å². The SMILES string of the molecule is COc1ccc(C(=O)N2CCN([C@H](CCC(=O)O)c3ccccc3)CC2)cc1Br. The van der Waals surface area contributed by atoms with Gasteiger partial charge in [-0.15, -0.1) is 0 Å². The lowest BCUT2D eigenvalue weighted by molar-refractivity contribution is -0.137. The second-order valence-corrected chi connectivity index (χ2v) is 7.89. The Bertz CT molecular complexity index is 851. The van der Waals surface area contributed by atoms with E-state index in [2.05, 4.69) is 20.8 Å². The van der Waals surface area contributed by atoms with E-state index in [1.807, 2.05) is 35.2 Å². The summed E-state index contributed by atoms with van der Waals surface area (Å²) in [5.41, 5.74) is 1.74. The Kier molecular flexibility index (Phi) is 7.28. The Morgan fingerprint density at radius 1 is 1.10 bits per heavy atom. The van der Waals surface area contributed by atoms with Crippen LogP contribution >= 0.6 is 15.9 Å². The van der Waals surface area contributed by atoms with Crippen LogP contribution in [0.5, 0.6) is 5.75 Å². The molecule has 7 heteroatoms. The molecule has 0 aromatic heterocycles. The Morgan fingerprint density at radius 3 is 2.38 bits per heavy atom. The Labute approximate surface area is 179 Å². The molecule has 154 valence electrons. The highest BCUT2D eigenvalue weighted by atomic mass is 79.9. The monoisotopic (exact) mass is 460 g/mol. The summed E-state index contributed by atoms with van der Waals surface area (Å²) in [4.78, 5) is 28.1. The number of hydrogen-bond acceptors (Lipinski definition) is 4. The maximum atomic E-state index is 12.9. The van der Waals surface area contributed by atoms with Crippen LogP contribution in [-0.2, 0) is 4.79 Å². The predicted octanol–water partition coefficient (Wildman–Crippen LogP) is 3.82. The molecule has 1 fully saturated rings. The normalized spacial score (nSPS) is 15.7. The number of methoxy groups -OCH3 is 1. The van der Waals surface area contributed by atoms with Gasteiger partial charge in [0.05, 0.1) is 11.6 Å². The molecular weight excluding hydrogens is 436 g/mol. The summed E-state index contributed by atoms with van der Waals surface area (Å²) in [5.74, 6) is -0.102. The second-order valence-electron chi connectivity index (χ2n) is 7.04. The first kappa shape index (κ1) is 21.3. The van der Waals surface area contributed by atoms with Gasteiger partial charge in [-0.2, -0.15) is 0 Å². The summed E-state index contributed by atoms with van der Waals surface area (Å²) < 4.78 is 5.98. The molecule has 2 aromatic carbocycles. The van der Waals surface area contributed by atoms with E-state index in [9.17, 15) is 9.59 Å². The van der Waals surface area contributed by atoms with Crippen molar-refractivity contribution < 1.29 is 19.4 Å². The number of carbonyl (C=O) groups excluding carboxylic acids is 1. The summed E-state index contributed by atoms with van der Waals surface area (Å²) in [6, 6.07) is 15.4. The van der Waals surface area contributed by atoms with Gasteiger partial charge < -0.3 is 14.7 Å². The van der Waals surface area contributed by atoms with E-state index in [1.165, 1.54) is 0 Å². The summed E-state index contributed by atoms with van der Waals surface area (Å²) in [6.07, 6.45) is 0.678. The zero-order valence-electron chi connectivity index (χ0n) is 16.4. The average Bonchev–Trinajstić information content (AvgIpc) is 2.74. The summed E-state index contributed by atoms with van der Waals surface area (Å²) in [6.45, 7) is 2.64. The number of carbonyl (C=O) groups is 2. The lowest BCUT2D eigenvalue weighted by Gasteiger charge is -2.39. The fourth-order valence-electron chi connectivity index (χ4n) is 3.71. The zero-order valence-corrected chi connectivity index (χ0v) is 18.0. The van der Waals surface area contributed by atoms with Gasteiger partial charge in [0.15, 0.2) is 0 Å². The molecule has 0 radical (unpaired) electrons. The van der Waals surface area contributed by atoms with Gasteiger partial charge in [-0.25, -0.2) is 0 Å². The van der Waals surface area contributed by atoms with Gasteiger partial charge in [-0.3, -0.25) is 14.5 Å². The lowest BCUT2D eigenvalue weighted by Crippen LogP contribution is -2.49. The van der Waals surface area contributed by atoms with Gasteiger partial charge >= 0.3 is 5.97 Å². The number of hydrogen-bond donors (Lipinski definition) is 1. The standard InChI is InChI=1S/C22H25BrN2O4/c1-29-20-9-7-17(15-18(20)23)22(28)25-13-11-24(12-14-25)19(8-10-21(26)27)16-5-3-2-4-6-16/h2-7,9,15,19H,8,10-14H2,1H3,(H,26,27)/t19-/m1/s1. The van der Waals surface area contributed by atoms with Crippen molar-refractivity contribution in [3.05, 3.63) is 64.1 Å². The van der Waals surface area contributed by atoms with E-state index in [0.717, 1.165) is 10.0 Å². The molecule has 1 saturated heterocycles. The summed E-state index contributed by atoms with van der Waals surface area (Å²) in [7, 11) is 1.59. The van der Waals surface area contributed by atoms with Crippen LogP contribution in [0.25, 0.3) is 0 Å². The van der Waals surface area contributed by atoms with Gasteiger partial charge in [-0.05, 0) is 46.1 Å². The maximum absolute atomic E-state index is 12.9. The first-order chi connectivity index (χ1) is 14.0. The van der Waals surface area contributed by atoms with E-state index in [-0.39, 0.29) is 18.4 Å². The first-order valence-electron chi connectivity index (χ1n) is 9.63. The van der Waals surface area contributed by atoms with Crippen molar-refractivity contribution in [1.82, 2.24) is 9.80 Å². The molecule has 1 N–H and O–H groups in total. The van der Waals surface area contributed by atoms with Crippen molar-refractivity contribution in [2.45, 2.75) is 18.9 Å². The van der Waals surface area contributed by atoms with E-state index < -0.39 is 5.97 Å². The van der Waals surface area contributed by atoms with Gasteiger partial charge in [-0.1, -0.05) is 30.3 Å². The fraction of sp³-hybridized carbons (Fsp3) is 0.364. The summed E-state index contributed by atoms with van der Waals surface area (Å²) in [5, 5.41) is 9.12. The quantitative estimate of drug-likeness (QED) is 0.679. The van der Waals surface area contributed by atoms with Crippen LogP contribution in [0.3, 0.4) is 0 Å². The maximum Gasteiger partial charge on any atom is 0.303 e. The van der Waals surface area contributed by atoms with Crippen LogP contribution in [0, 0.1) is 0 Å². The molecule has 1 aliphatic rings. The van der Waals surface area contributed by atoms with E-state index in [4.69, 9.17) is 9.84 Å². The minimum atomic E-state index is -0.787. The third-order valence-corrected chi connectivity index (χ3v) is 5.88. The van der Waals surface area contributed by atoms with Crippen LogP contribution in [-0.4, -0.2) is 60.1 Å².